The molecule has 0 aliphatic carbocycles. The maximum atomic E-state index is 12.0. The second kappa shape index (κ2) is 7.11. The SMILES string of the molecule is O=C(NNc1ccc([N+](=O)[O-])cc1[N+](=O)[O-])c1ccc(Cl)cc1Cl. The van der Waals surface area contributed by atoms with E-state index in [9.17, 15) is 25.0 Å². The topological polar surface area (TPSA) is 127 Å². The molecule has 2 aromatic rings. The predicted molar refractivity (Wildman–Crippen MR) is 87.3 cm³/mol. The van der Waals surface area contributed by atoms with Crippen LogP contribution in [-0.4, -0.2) is 15.8 Å². The lowest BCUT2D eigenvalue weighted by atomic mass is 10.2. The number of anilines is 1. The van der Waals surface area contributed by atoms with Crippen molar-refractivity contribution in [2.45, 2.75) is 0 Å². The van der Waals surface area contributed by atoms with E-state index in [4.69, 9.17) is 23.2 Å². The number of hydrazine groups is 1. The molecule has 0 saturated carbocycles. The Bertz CT molecular complexity index is 843. The van der Waals surface area contributed by atoms with Crippen molar-refractivity contribution in [2.75, 3.05) is 5.43 Å². The number of rotatable bonds is 5. The Morgan fingerprint density at radius 1 is 1.00 bits per heavy atom. The monoisotopic (exact) mass is 370 g/mol. The molecule has 0 atom stereocenters. The quantitative estimate of drug-likeness (QED) is 0.611. The highest BCUT2D eigenvalue weighted by atomic mass is 35.5. The van der Waals surface area contributed by atoms with Crippen molar-refractivity contribution >= 4 is 46.2 Å². The van der Waals surface area contributed by atoms with Crippen molar-refractivity contribution in [1.82, 2.24) is 5.43 Å². The summed E-state index contributed by atoms with van der Waals surface area (Å²) in [6.07, 6.45) is 0. The number of nitro benzene ring substituents is 2. The summed E-state index contributed by atoms with van der Waals surface area (Å²) in [4.78, 5) is 32.1. The Morgan fingerprint density at radius 3 is 2.29 bits per heavy atom. The average Bonchev–Trinajstić information content (AvgIpc) is 2.52. The molecule has 11 heteroatoms. The second-order valence-electron chi connectivity index (χ2n) is 4.42. The fourth-order valence-electron chi connectivity index (χ4n) is 1.76. The average molecular weight is 371 g/mol. The number of non-ortho nitro benzene ring substituents is 1. The lowest BCUT2D eigenvalue weighted by Crippen LogP contribution is -2.29. The van der Waals surface area contributed by atoms with Gasteiger partial charge in [-0.15, -0.1) is 0 Å². The van der Waals surface area contributed by atoms with Crippen LogP contribution >= 0.6 is 23.2 Å². The molecule has 0 aromatic heterocycles. The Kier molecular flexibility index (Phi) is 5.17. The molecule has 0 bridgehead atoms. The first-order valence-electron chi connectivity index (χ1n) is 6.24. The zero-order valence-electron chi connectivity index (χ0n) is 11.7. The van der Waals surface area contributed by atoms with Crippen molar-refractivity contribution in [1.29, 1.82) is 0 Å². The van der Waals surface area contributed by atoms with E-state index in [0.717, 1.165) is 18.2 Å². The molecule has 0 saturated heterocycles. The smallest absolute Gasteiger partial charge is 0.292 e. The number of amides is 1. The lowest BCUT2D eigenvalue weighted by Gasteiger charge is -2.10. The summed E-state index contributed by atoms with van der Waals surface area (Å²) in [6, 6.07) is 7.16. The van der Waals surface area contributed by atoms with Gasteiger partial charge in [0.2, 0.25) is 0 Å². The molecular formula is C13H8Cl2N4O5. The maximum absolute atomic E-state index is 12.0. The van der Waals surface area contributed by atoms with Crippen LogP contribution in [0.3, 0.4) is 0 Å². The Balaban J connectivity index is 2.20. The van der Waals surface area contributed by atoms with Crippen molar-refractivity contribution < 1.29 is 14.6 Å². The molecular weight excluding hydrogens is 363 g/mol. The zero-order valence-corrected chi connectivity index (χ0v) is 13.2. The van der Waals surface area contributed by atoms with E-state index in [1.54, 1.807) is 0 Å². The minimum Gasteiger partial charge on any atom is -0.292 e. The van der Waals surface area contributed by atoms with E-state index in [1.807, 2.05) is 0 Å². The minimum atomic E-state index is -0.809. The summed E-state index contributed by atoms with van der Waals surface area (Å²) in [5.74, 6) is -0.663. The van der Waals surface area contributed by atoms with Gasteiger partial charge in [-0.1, -0.05) is 23.2 Å². The molecule has 0 heterocycles. The fraction of sp³-hybridized carbons (Fsp3) is 0. The van der Waals surface area contributed by atoms with E-state index >= 15 is 0 Å². The van der Waals surface area contributed by atoms with Crippen LogP contribution in [0.25, 0.3) is 0 Å². The van der Waals surface area contributed by atoms with Crippen LogP contribution in [0, 0.1) is 20.2 Å². The Hall–Kier alpha value is -2.91. The summed E-state index contributed by atoms with van der Waals surface area (Å²) >= 11 is 11.6. The van der Waals surface area contributed by atoms with Gasteiger partial charge >= 0.3 is 5.69 Å². The predicted octanol–water partition coefficient (Wildman–Crippen LogP) is 3.57. The number of hydrogen-bond donors (Lipinski definition) is 2. The van der Waals surface area contributed by atoms with Crippen molar-refractivity contribution in [3.05, 3.63) is 72.2 Å². The number of hydrogen-bond acceptors (Lipinski definition) is 6. The number of carbonyl (C=O) groups excluding carboxylic acids is 1. The summed E-state index contributed by atoms with van der Waals surface area (Å²) < 4.78 is 0. The van der Waals surface area contributed by atoms with E-state index in [-0.39, 0.29) is 16.3 Å². The molecule has 2 N–H and O–H groups in total. The van der Waals surface area contributed by atoms with Gasteiger partial charge in [-0.3, -0.25) is 35.9 Å². The zero-order chi connectivity index (χ0) is 17.9. The van der Waals surface area contributed by atoms with Crippen LogP contribution in [0.2, 0.25) is 10.0 Å². The third-order valence-corrected chi connectivity index (χ3v) is 3.42. The van der Waals surface area contributed by atoms with Gasteiger partial charge in [0.15, 0.2) is 0 Å². The van der Waals surface area contributed by atoms with E-state index in [2.05, 4.69) is 10.9 Å². The number of benzene rings is 2. The first-order valence-corrected chi connectivity index (χ1v) is 6.99. The largest absolute Gasteiger partial charge is 0.300 e. The highest BCUT2D eigenvalue weighted by Crippen LogP contribution is 2.28. The molecule has 0 radical (unpaired) electrons. The summed E-state index contributed by atoms with van der Waals surface area (Å²) in [5, 5.41) is 22.1. The van der Waals surface area contributed by atoms with Crippen LogP contribution in [0.1, 0.15) is 10.4 Å². The fourth-order valence-corrected chi connectivity index (χ4v) is 2.25. The molecule has 124 valence electrons. The van der Waals surface area contributed by atoms with Crippen LogP contribution in [-0.2, 0) is 0 Å². The molecule has 2 aromatic carbocycles. The molecule has 24 heavy (non-hydrogen) atoms. The molecule has 1 amide bonds. The first-order chi connectivity index (χ1) is 11.3. The highest BCUT2D eigenvalue weighted by molar-refractivity contribution is 6.36. The minimum absolute atomic E-state index is 0.0955. The van der Waals surface area contributed by atoms with Crippen LogP contribution in [0.5, 0.6) is 0 Å². The van der Waals surface area contributed by atoms with Gasteiger partial charge in [-0.2, -0.15) is 0 Å². The molecule has 0 fully saturated rings. The Morgan fingerprint density at radius 2 is 1.71 bits per heavy atom. The van der Waals surface area contributed by atoms with E-state index in [0.29, 0.717) is 5.02 Å². The van der Waals surface area contributed by atoms with Crippen LogP contribution in [0.15, 0.2) is 36.4 Å². The summed E-state index contributed by atoms with van der Waals surface area (Å²) in [6.45, 7) is 0. The number of halogens is 2. The molecule has 9 nitrogen and oxygen atoms in total. The first kappa shape index (κ1) is 17.4. The van der Waals surface area contributed by atoms with Gasteiger partial charge in [0, 0.05) is 11.1 Å². The van der Waals surface area contributed by atoms with Gasteiger partial charge < -0.3 is 0 Å². The molecule has 0 spiro atoms. The third-order valence-electron chi connectivity index (χ3n) is 2.88. The lowest BCUT2D eigenvalue weighted by molar-refractivity contribution is -0.393. The van der Waals surface area contributed by atoms with E-state index in [1.165, 1.54) is 18.2 Å². The second-order valence-corrected chi connectivity index (χ2v) is 5.26. The van der Waals surface area contributed by atoms with Gasteiger partial charge in [-0.05, 0) is 24.3 Å². The number of nitrogens with zero attached hydrogens (tertiary/aromatic N) is 2. The number of nitrogens with one attached hydrogen (secondary N) is 2. The van der Waals surface area contributed by atoms with Crippen molar-refractivity contribution in [2.24, 2.45) is 0 Å². The standard InChI is InChI=1S/C13H8Cl2N4O5/c14-7-1-3-9(10(15)5-7)13(20)17-16-11-4-2-8(18(21)22)6-12(11)19(23)24/h1-6,16H,(H,17,20). The van der Waals surface area contributed by atoms with Gasteiger partial charge in [-0.25, -0.2) is 0 Å². The van der Waals surface area contributed by atoms with Crippen molar-refractivity contribution in [3.8, 4) is 0 Å². The number of nitro groups is 2. The molecule has 0 aliphatic heterocycles. The normalized spacial score (nSPS) is 10.1. The van der Waals surface area contributed by atoms with Crippen LogP contribution < -0.4 is 10.9 Å². The van der Waals surface area contributed by atoms with Crippen LogP contribution in [0.4, 0.5) is 17.1 Å². The Labute approximate surface area is 144 Å². The molecule has 0 aliphatic rings. The third kappa shape index (κ3) is 3.89. The summed E-state index contributed by atoms with van der Waals surface area (Å²) in [5.41, 5.74) is 3.54. The van der Waals surface area contributed by atoms with Gasteiger partial charge in [0.05, 0.1) is 26.5 Å². The van der Waals surface area contributed by atoms with Gasteiger partial charge in [0.1, 0.15) is 5.69 Å². The number of carbonyl (C=O) groups is 1. The molecule has 2 rings (SSSR count). The maximum Gasteiger partial charge on any atom is 0.300 e. The summed E-state index contributed by atoms with van der Waals surface area (Å²) in [7, 11) is 0. The molecule has 0 unspecified atom stereocenters. The van der Waals surface area contributed by atoms with Gasteiger partial charge in [0.25, 0.3) is 11.6 Å². The van der Waals surface area contributed by atoms with E-state index < -0.39 is 27.1 Å². The highest BCUT2D eigenvalue weighted by Gasteiger charge is 2.20. The van der Waals surface area contributed by atoms with Crippen molar-refractivity contribution in [3.63, 3.8) is 0 Å².